The molecule has 30 heavy (non-hydrogen) atoms. The number of nitrogens with zero attached hydrogens (tertiary/aromatic N) is 5. The fraction of sp³-hybridized carbons (Fsp3) is 0.381. The van der Waals surface area contributed by atoms with Crippen molar-refractivity contribution in [3.63, 3.8) is 0 Å². The summed E-state index contributed by atoms with van der Waals surface area (Å²) in [5, 5.41) is 14.8. The number of hydrogen-bond donors (Lipinski definition) is 2. The van der Waals surface area contributed by atoms with Gasteiger partial charge in [0, 0.05) is 32.2 Å². The maximum atomic E-state index is 12.8. The molecule has 0 bridgehead atoms. The molecule has 3 aromatic rings. The molecule has 1 aromatic carbocycles. The molecule has 9 nitrogen and oxygen atoms in total. The Morgan fingerprint density at radius 1 is 1.27 bits per heavy atom. The average Bonchev–Trinajstić information content (AvgIpc) is 3.44. The average molecular weight is 409 g/mol. The fourth-order valence-electron chi connectivity index (χ4n) is 3.74. The number of ether oxygens (including phenoxy) is 1. The van der Waals surface area contributed by atoms with Crippen molar-refractivity contribution in [1.29, 1.82) is 0 Å². The van der Waals surface area contributed by atoms with E-state index in [-0.39, 0.29) is 12.1 Å². The third-order valence-corrected chi connectivity index (χ3v) is 5.23. The Morgan fingerprint density at radius 3 is 2.77 bits per heavy atom. The molecular formula is C21H27N7O2. The Kier molecular flexibility index (Phi) is 5.60. The van der Waals surface area contributed by atoms with Crippen LogP contribution in [0.15, 0.2) is 42.6 Å². The number of nitrogens with one attached hydrogen (secondary N) is 2. The van der Waals surface area contributed by atoms with Gasteiger partial charge in [-0.15, -0.1) is 5.10 Å². The largest absolute Gasteiger partial charge is 0.477 e. The Balaban J connectivity index is 1.47. The molecule has 1 aliphatic heterocycles. The highest BCUT2D eigenvalue weighted by atomic mass is 16.5. The Bertz CT molecular complexity index is 1010. The predicted molar refractivity (Wildman–Crippen MR) is 115 cm³/mol. The molecule has 2 amide bonds. The minimum absolute atomic E-state index is 0.0552. The number of benzene rings is 1. The topological polar surface area (TPSA) is 89.2 Å². The van der Waals surface area contributed by atoms with Crippen LogP contribution in [-0.2, 0) is 7.05 Å². The highest BCUT2D eigenvalue weighted by molar-refractivity contribution is 5.90. The first kappa shape index (κ1) is 19.8. The van der Waals surface area contributed by atoms with Gasteiger partial charge in [-0.2, -0.15) is 5.10 Å². The van der Waals surface area contributed by atoms with Crippen LogP contribution < -0.4 is 20.3 Å². The molecule has 1 aliphatic rings. The van der Waals surface area contributed by atoms with Crippen LogP contribution in [0.5, 0.6) is 5.88 Å². The SMILES string of the molecule is CCOc1nn(-c2ccccc2)c(NC(=O)NC2CCN(c3ccnn3C)C2)c1C. The number of carbonyl (C=O) groups is 1. The van der Waals surface area contributed by atoms with Gasteiger partial charge in [-0.25, -0.2) is 9.48 Å². The summed E-state index contributed by atoms with van der Waals surface area (Å²) >= 11 is 0. The van der Waals surface area contributed by atoms with Crippen molar-refractivity contribution >= 4 is 17.7 Å². The molecule has 1 fully saturated rings. The highest BCUT2D eigenvalue weighted by Crippen LogP contribution is 2.28. The molecular weight excluding hydrogens is 382 g/mol. The smallest absolute Gasteiger partial charge is 0.320 e. The van der Waals surface area contributed by atoms with E-state index >= 15 is 0 Å². The number of urea groups is 1. The van der Waals surface area contributed by atoms with E-state index < -0.39 is 0 Å². The van der Waals surface area contributed by atoms with Gasteiger partial charge < -0.3 is 15.0 Å². The maximum Gasteiger partial charge on any atom is 0.320 e. The van der Waals surface area contributed by atoms with Crippen molar-refractivity contribution in [2.45, 2.75) is 26.3 Å². The minimum Gasteiger partial charge on any atom is -0.477 e. The number of carbonyl (C=O) groups excluding carboxylic acids is 1. The van der Waals surface area contributed by atoms with Gasteiger partial charge >= 0.3 is 6.03 Å². The lowest BCUT2D eigenvalue weighted by molar-refractivity contribution is 0.249. The van der Waals surface area contributed by atoms with E-state index in [1.807, 2.05) is 62.0 Å². The normalized spacial score (nSPS) is 16.0. The number of hydrogen-bond acceptors (Lipinski definition) is 5. The lowest BCUT2D eigenvalue weighted by Crippen LogP contribution is -2.40. The summed E-state index contributed by atoms with van der Waals surface area (Å²) in [6, 6.07) is 11.5. The van der Waals surface area contributed by atoms with Gasteiger partial charge in [-0.1, -0.05) is 18.2 Å². The van der Waals surface area contributed by atoms with Crippen molar-refractivity contribution < 1.29 is 9.53 Å². The molecule has 0 saturated carbocycles. The van der Waals surface area contributed by atoms with E-state index in [2.05, 4.69) is 25.7 Å². The van der Waals surface area contributed by atoms with E-state index in [0.717, 1.165) is 36.6 Å². The monoisotopic (exact) mass is 409 g/mol. The zero-order valence-electron chi connectivity index (χ0n) is 17.5. The van der Waals surface area contributed by atoms with E-state index in [4.69, 9.17) is 4.74 Å². The summed E-state index contributed by atoms with van der Waals surface area (Å²) in [6.45, 7) is 5.93. The molecule has 1 saturated heterocycles. The quantitative estimate of drug-likeness (QED) is 0.653. The first-order chi connectivity index (χ1) is 14.6. The lowest BCUT2D eigenvalue weighted by Gasteiger charge is -2.19. The van der Waals surface area contributed by atoms with Crippen molar-refractivity contribution in [3.8, 4) is 11.6 Å². The van der Waals surface area contributed by atoms with Crippen molar-refractivity contribution in [2.75, 3.05) is 29.9 Å². The number of aromatic nitrogens is 4. The van der Waals surface area contributed by atoms with E-state index in [1.54, 1.807) is 10.9 Å². The van der Waals surface area contributed by atoms with Crippen molar-refractivity contribution in [2.24, 2.45) is 7.05 Å². The van der Waals surface area contributed by atoms with Crippen LogP contribution in [-0.4, -0.2) is 51.3 Å². The van der Waals surface area contributed by atoms with Crippen molar-refractivity contribution in [1.82, 2.24) is 24.9 Å². The van der Waals surface area contributed by atoms with Gasteiger partial charge in [0.15, 0.2) is 0 Å². The molecule has 4 rings (SSSR count). The molecule has 0 radical (unpaired) electrons. The zero-order valence-corrected chi connectivity index (χ0v) is 17.5. The first-order valence-electron chi connectivity index (χ1n) is 10.1. The number of para-hydroxylation sites is 1. The van der Waals surface area contributed by atoms with E-state index in [0.29, 0.717) is 18.3 Å². The lowest BCUT2D eigenvalue weighted by atomic mass is 10.3. The molecule has 158 valence electrons. The molecule has 1 unspecified atom stereocenters. The van der Waals surface area contributed by atoms with Crippen LogP contribution in [0, 0.1) is 6.92 Å². The van der Waals surface area contributed by atoms with Crippen LogP contribution in [0.2, 0.25) is 0 Å². The Hall–Kier alpha value is -3.49. The third-order valence-electron chi connectivity index (χ3n) is 5.23. The fourth-order valence-corrected chi connectivity index (χ4v) is 3.74. The number of rotatable bonds is 6. The zero-order chi connectivity index (χ0) is 21.1. The molecule has 9 heteroatoms. The second-order valence-electron chi connectivity index (χ2n) is 7.30. The van der Waals surface area contributed by atoms with Gasteiger partial charge in [0.1, 0.15) is 11.6 Å². The van der Waals surface area contributed by atoms with Gasteiger partial charge in [-0.05, 0) is 32.4 Å². The minimum atomic E-state index is -0.255. The second-order valence-corrected chi connectivity index (χ2v) is 7.30. The number of amides is 2. The summed E-state index contributed by atoms with van der Waals surface area (Å²) < 4.78 is 9.19. The Labute approximate surface area is 175 Å². The summed E-state index contributed by atoms with van der Waals surface area (Å²) in [6.07, 6.45) is 2.66. The van der Waals surface area contributed by atoms with Crippen LogP contribution in [0.4, 0.5) is 16.4 Å². The molecule has 1 atom stereocenters. The third kappa shape index (κ3) is 3.96. The van der Waals surface area contributed by atoms with Crippen LogP contribution in [0.1, 0.15) is 18.9 Å². The van der Waals surface area contributed by atoms with Gasteiger partial charge in [0.25, 0.3) is 0 Å². The Morgan fingerprint density at radius 2 is 2.07 bits per heavy atom. The van der Waals surface area contributed by atoms with Gasteiger partial charge in [0.05, 0.1) is 24.1 Å². The number of anilines is 2. The standard InChI is InChI=1S/C21H27N7O2/c1-4-30-20-15(2)19(28(25-20)17-8-6-5-7-9-17)24-21(29)23-16-11-13-27(14-16)18-10-12-22-26(18)3/h5-10,12,16H,4,11,13-14H2,1-3H3,(H2,23,24,29). The second kappa shape index (κ2) is 8.48. The van der Waals surface area contributed by atoms with Crippen LogP contribution in [0.3, 0.4) is 0 Å². The summed E-state index contributed by atoms with van der Waals surface area (Å²) in [7, 11) is 1.92. The molecule has 3 heterocycles. The first-order valence-corrected chi connectivity index (χ1v) is 10.1. The molecule has 2 N–H and O–H groups in total. The summed E-state index contributed by atoms with van der Waals surface area (Å²) in [5.41, 5.74) is 1.64. The van der Waals surface area contributed by atoms with Gasteiger partial charge in [-0.3, -0.25) is 10.00 Å². The predicted octanol–water partition coefficient (Wildman–Crippen LogP) is 2.71. The summed E-state index contributed by atoms with van der Waals surface area (Å²) in [4.78, 5) is 15.0. The summed E-state index contributed by atoms with van der Waals surface area (Å²) in [5.74, 6) is 2.17. The molecule has 0 aliphatic carbocycles. The van der Waals surface area contributed by atoms with E-state index in [1.165, 1.54) is 0 Å². The number of aryl methyl sites for hydroxylation is 1. The van der Waals surface area contributed by atoms with Crippen molar-refractivity contribution in [3.05, 3.63) is 48.2 Å². The molecule has 0 spiro atoms. The molecule has 2 aromatic heterocycles. The van der Waals surface area contributed by atoms with E-state index in [9.17, 15) is 4.79 Å². The highest BCUT2D eigenvalue weighted by Gasteiger charge is 2.26. The van der Waals surface area contributed by atoms with Gasteiger partial charge in [0.2, 0.25) is 5.88 Å². The maximum absolute atomic E-state index is 12.8. The van der Waals surface area contributed by atoms with Crippen LogP contribution >= 0.6 is 0 Å². The van der Waals surface area contributed by atoms with Crippen LogP contribution in [0.25, 0.3) is 5.69 Å².